The standard InChI is InChI=1S/C15H23N5O/c1-11-8-15(21-18-11)10-19-7-5-4-6-14(19)9-20-13(3)16-12(2)17-20/h8,14H,4-7,9-10H2,1-3H3. The summed E-state index contributed by atoms with van der Waals surface area (Å²) in [7, 11) is 0. The Morgan fingerprint density at radius 1 is 1.29 bits per heavy atom. The van der Waals surface area contributed by atoms with Gasteiger partial charge in [-0.15, -0.1) is 0 Å². The SMILES string of the molecule is Cc1cc(CN2CCCCC2Cn2nc(C)nc2C)on1. The summed E-state index contributed by atoms with van der Waals surface area (Å²) < 4.78 is 7.40. The van der Waals surface area contributed by atoms with Gasteiger partial charge in [-0.05, 0) is 40.2 Å². The molecule has 2 aromatic rings. The first kappa shape index (κ1) is 14.3. The van der Waals surface area contributed by atoms with E-state index in [4.69, 9.17) is 4.52 Å². The highest BCUT2D eigenvalue weighted by molar-refractivity contribution is 5.03. The Balaban J connectivity index is 1.70. The van der Waals surface area contributed by atoms with Crippen LogP contribution in [0, 0.1) is 20.8 Å². The van der Waals surface area contributed by atoms with Crippen LogP contribution in [-0.2, 0) is 13.1 Å². The molecule has 1 aliphatic rings. The van der Waals surface area contributed by atoms with Gasteiger partial charge in [0.25, 0.3) is 0 Å². The van der Waals surface area contributed by atoms with Gasteiger partial charge >= 0.3 is 0 Å². The Labute approximate surface area is 125 Å². The minimum absolute atomic E-state index is 0.490. The molecule has 0 aromatic carbocycles. The van der Waals surface area contributed by atoms with Crippen LogP contribution in [0.25, 0.3) is 0 Å². The molecule has 21 heavy (non-hydrogen) atoms. The van der Waals surface area contributed by atoms with Crippen molar-refractivity contribution in [1.82, 2.24) is 24.8 Å². The highest BCUT2D eigenvalue weighted by atomic mass is 16.5. The van der Waals surface area contributed by atoms with Crippen molar-refractivity contribution >= 4 is 0 Å². The monoisotopic (exact) mass is 289 g/mol. The Morgan fingerprint density at radius 3 is 2.81 bits per heavy atom. The van der Waals surface area contributed by atoms with Gasteiger partial charge in [0.1, 0.15) is 11.6 Å². The molecule has 0 saturated carbocycles. The summed E-state index contributed by atoms with van der Waals surface area (Å²) in [4.78, 5) is 6.88. The first-order valence-electron chi connectivity index (χ1n) is 7.66. The number of piperidine rings is 1. The van der Waals surface area contributed by atoms with Gasteiger partial charge in [-0.1, -0.05) is 11.6 Å². The maximum absolute atomic E-state index is 5.37. The topological polar surface area (TPSA) is 60.0 Å². The quantitative estimate of drug-likeness (QED) is 0.864. The maximum Gasteiger partial charge on any atom is 0.150 e. The van der Waals surface area contributed by atoms with Crippen LogP contribution < -0.4 is 0 Å². The van der Waals surface area contributed by atoms with E-state index in [1.165, 1.54) is 19.3 Å². The van der Waals surface area contributed by atoms with Crippen LogP contribution in [0.2, 0.25) is 0 Å². The molecule has 3 heterocycles. The summed E-state index contributed by atoms with van der Waals surface area (Å²) in [6, 6.07) is 2.51. The van der Waals surface area contributed by atoms with Crippen molar-refractivity contribution in [2.45, 2.75) is 59.2 Å². The number of hydrogen-bond donors (Lipinski definition) is 0. The molecule has 0 N–H and O–H groups in total. The smallest absolute Gasteiger partial charge is 0.150 e. The van der Waals surface area contributed by atoms with Gasteiger partial charge in [-0.2, -0.15) is 5.10 Å². The van der Waals surface area contributed by atoms with Crippen LogP contribution in [0.5, 0.6) is 0 Å². The zero-order chi connectivity index (χ0) is 14.8. The molecular weight excluding hydrogens is 266 g/mol. The van der Waals surface area contributed by atoms with Crippen molar-refractivity contribution in [2.24, 2.45) is 0 Å². The molecule has 1 aliphatic heterocycles. The summed E-state index contributed by atoms with van der Waals surface area (Å²) in [6.45, 7) is 8.77. The van der Waals surface area contributed by atoms with E-state index in [1.807, 2.05) is 31.5 Å². The Kier molecular flexibility index (Phi) is 4.05. The molecule has 6 heteroatoms. The second kappa shape index (κ2) is 5.97. The summed E-state index contributed by atoms with van der Waals surface area (Å²) >= 11 is 0. The third-order valence-electron chi connectivity index (χ3n) is 4.13. The third kappa shape index (κ3) is 3.32. The van der Waals surface area contributed by atoms with Gasteiger partial charge in [0.15, 0.2) is 5.76 Å². The van der Waals surface area contributed by atoms with Gasteiger partial charge in [-0.3, -0.25) is 4.90 Å². The Hall–Kier alpha value is -1.69. The molecular formula is C15H23N5O. The van der Waals surface area contributed by atoms with Crippen molar-refractivity contribution in [1.29, 1.82) is 0 Å². The van der Waals surface area contributed by atoms with Crippen LogP contribution in [-0.4, -0.2) is 37.4 Å². The number of aromatic nitrogens is 4. The molecule has 0 amide bonds. The minimum atomic E-state index is 0.490. The van der Waals surface area contributed by atoms with E-state index < -0.39 is 0 Å². The first-order valence-corrected chi connectivity index (χ1v) is 7.66. The van der Waals surface area contributed by atoms with Crippen molar-refractivity contribution in [2.75, 3.05) is 6.54 Å². The number of hydrogen-bond acceptors (Lipinski definition) is 5. The molecule has 6 nitrogen and oxygen atoms in total. The highest BCUT2D eigenvalue weighted by Crippen LogP contribution is 2.21. The van der Waals surface area contributed by atoms with Gasteiger partial charge < -0.3 is 4.52 Å². The number of nitrogens with zero attached hydrogens (tertiary/aromatic N) is 5. The zero-order valence-corrected chi connectivity index (χ0v) is 13.0. The Morgan fingerprint density at radius 2 is 2.14 bits per heavy atom. The first-order chi connectivity index (χ1) is 10.1. The van der Waals surface area contributed by atoms with Gasteiger partial charge in [0.2, 0.25) is 0 Å². The fraction of sp³-hybridized carbons (Fsp3) is 0.667. The van der Waals surface area contributed by atoms with E-state index in [1.54, 1.807) is 0 Å². The average molecular weight is 289 g/mol. The molecule has 3 rings (SSSR count). The number of rotatable bonds is 4. The van der Waals surface area contributed by atoms with Crippen LogP contribution in [0.3, 0.4) is 0 Å². The van der Waals surface area contributed by atoms with E-state index in [-0.39, 0.29) is 0 Å². The van der Waals surface area contributed by atoms with Crippen molar-refractivity contribution in [3.63, 3.8) is 0 Å². The van der Waals surface area contributed by atoms with Crippen molar-refractivity contribution < 1.29 is 4.52 Å². The summed E-state index contributed by atoms with van der Waals surface area (Å²) in [5, 5.41) is 8.47. The fourth-order valence-electron chi connectivity index (χ4n) is 3.10. The molecule has 0 aliphatic carbocycles. The molecule has 0 bridgehead atoms. The summed E-state index contributed by atoms with van der Waals surface area (Å²) in [5.41, 5.74) is 0.946. The lowest BCUT2D eigenvalue weighted by Crippen LogP contribution is -2.41. The third-order valence-corrected chi connectivity index (χ3v) is 4.13. The van der Waals surface area contributed by atoms with Crippen LogP contribution in [0.4, 0.5) is 0 Å². The Bertz CT molecular complexity index is 603. The lowest BCUT2D eigenvalue weighted by molar-refractivity contribution is 0.109. The van der Waals surface area contributed by atoms with Crippen LogP contribution in [0.1, 0.15) is 42.4 Å². The lowest BCUT2D eigenvalue weighted by atomic mass is 10.0. The number of likely N-dealkylation sites (tertiary alicyclic amines) is 1. The van der Waals surface area contributed by atoms with Crippen molar-refractivity contribution in [3.05, 3.63) is 29.2 Å². The largest absolute Gasteiger partial charge is 0.360 e. The zero-order valence-electron chi connectivity index (χ0n) is 13.0. The molecule has 1 fully saturated rings. The van der Waals surface area contributed by atoms with E-state index in [0.717, 1.165) is 42.7 Å². The lowest BCUT2D eigenvalue weighted by Gasteiger charge is -2.34. The molecule has 0 radical (unpaired) electrons. The predicted octanol–water partition coefficient (Wildman–Crippen LogP) is 2.25. The fourth-order valence-corrected chi connectivity index (χ4v) is 3.10. The van der Waals surface area contributed by atoms with Gasteiger partial charge in [0.05, 0.1) is 18.8 Å². The molecule has 1 atom stereocenters. The normalized spacial score (nSPS) is 20.0. The predicted molar refractivity (Wildman–Crippen MR) is 78.8 cm³/mol. The molecule has 0 spiro atoms. The van der Waals surface area contributed by atoms with E-state index >= 15 is 0 Å². The summed E-state index contributed by atoms with van der Waals surface area (Å²) in [6.07, 6.45) is 3.73. The summed E-state index contributed by atoms with van der Waals surface area (Å²) in [5.74, 6) is 2.79. The highest BCUT2D eigenvalue weighted by Gasteiger charge is 2.25. The molecule has 1 saturated heterocycles. The molecule has 114 valence electrons. The van der Waals surface area contributed by atoms with E-state index in [9.17, 15) is 0 Å². The maximum atomic E-state index is 5.37. The van der Waals surface area contributed by atoms with E-state index in [0.29, 0.717) is 6.04 Å². The van der Waals surface area contributed by atoms with E-state index in [2.05, 4.69) is 20.1 Å². The molecule has 2 aromatic heterocycles. The minimum Gasteiger partial charge on any atom is -0.360 e. The van der Waals surface area contributed by atoms with Crippen molar-refractivity contribution in [3.8, 4) is 0 Å². The van der Waals surface area contributed by atoms with Gasteiger partial charge in [-0.25, -0.2) is 9.67 Å². The second-order valence-corrected chi connectivity index (χ2v) is 5.94. The van der Waals surface area contributed by atoms with Gasteiger partial charge in [0, 0.05) is 12.1 Å². The average Bonchev–Trinajstić information content (AvgIpc) is 2.98. The van der Waals surface area contributed by atoms with Crippen LogP contribution in [0.15, 0.2) is 10.6 Å². The van der Waals surface area contributed by atoms with Crippen LogP contribution >= 0.6 is 0 Å². The second-order valence-electron chi connectivity index (χ2n) is 5.94. The molecule has 1 unspecified atom stereocenters. The number of aryl methyl sites for hydroxylation is 3.